The number of carbonyl (C=O) groups is 2. The fourth-order valence-corrected chi connectivity index (χ4v) is 2.80. The standard InChI is InChI=1S/C15H19N3O2/c1-14(2)8-16-11-7-9(5-6-10(11)14)18-12(19)15(3,4)17-13(18)20/h5-7,16H,8H2,1-4H3,(H,17,20). The van der Waals surface area contributed by atoms with E-state index in [0.717, 1.165) is 12.2 Å². The van der Waals surface area contributed by atoms with Gasteiger partial charge in [-0.1, -0.05) is 19.9 Å². The topological polar surface area (TPSA) is 61.4 Å². The van der Waals surface area contributed by atoms with Gasteiger partial charge in [-0.15, -0.1) is 0 Å². The maximum atomic E-state index is 12.3. The van der Waals surface area contributed by atoms with Crippen LogP contribution in [0.2, 0.25) is 0 Å². The van der Waals surface area contributed by atoms with Crippen LogP contribution in [0, 0.1) is 0 Å². The Kier molecular flexibility index (Phi) is 2.43. The molecule has 0 aromatic heterocycles. The van der Waals surface area contributed by atoms with Crippen molar-refractivity contribution in [2.45, 2.75) is 38.6 Å². The second-order valence-corrected chi connectivity index (χ2v) is 6.66. The highest BCUT2D eigenvalue weighted by molar-refractivity contribution is 6.23. The first-order chi connectivity index (χ1) is 9.22. The molecule has 1 saturated heterocycles. The third kappa shape index (κ3) is 1.69. The predicted molar refractivity (Wildman–Crippen MR) is 78.1 cm³/mol. The van der Waals surface area contributed by atoms with Crippen LogP contribution in [-0.4, -0.2) is 24.0 Å². The van der Waals surface area contributed by atoms with Gasteiger partial charge in [0.05, 0.1) is 5.69 Å². The molecule has 2 aliphatic rings. The largest absolute Gasteiger partial charge is 0.384 e. The molecule has 0 bridgehead atoms. The number of amides is 3. The molecule has 3 rings (SSSR count). The molecule has 0 radical (unpaired) electrons. The monoisotopic (exact) mass is 273 g/mol. The smallest absolute Gasteiger partial charge is 0.329 e. The fraction of sp³-hybridized carbons (Fsp3) is 0.467. The predicted octanol–water partition coefficient (Wildman–Crippen LogP) is 2.22. The van der Waals surface area contributed by atoms with E-state index in [4.69, 9.17) is 0 Å². The average Bonchev–Trinajstić information content (AvgIpc) is 2.74. The molecule has 3 amide bonds. The van der Waals surface area contributed by atoms with E-state index in [0.29, 0.717) is 5.69 Å². The Morgan fingerprint density at radius 1 is 1.15 bits per heavy atom. The van der Waals surface area contributed by atoms with E-state index in [9.17, 15) is 9.59 Å². The summed E-state index contributed by atoms with van der Waals surface area (Å²) >= 11 is 0. The first-order valence-corrected chi connectivity index (χ1v) is 6.77. The van der Waals surface area contributed by atoms with Crippen molar-refractivity contribution >= 4 is 23.3 Å². The number of anilines is 2. The van der Waals surface area contributed by atoms with E-state index in [1.54, 1.807) is 13.8 Å². The van der Waals surface area contributed by atoms with Crippen molar-refractivity contribution < 1.29 is 9.59 Å². The van der Waals surface area contributed by atoms with E-state index in [-0.39, 0.29) is 17.4 Å². The number of benzene rings is 1. The molecule has 20 heavy (non-hydrogen) atoms. The number of fused-ring (bicyclic) bond motifs is 1. The first kappa shape index (κ1) is 13.0. The van der Waals surface area contributed by atoms with Gasteiger partial charge in [0.2, 0.25) is 0 Å². The van der Waals surface area contributed by atoms with Crippen LogP contribution in [0.3, 0.4) is 0 Å². The Morgan fingerprint density at radius 2 is 1.85 bits per heavy atom. The third-order valence-corrected chi connectivity index (χ3v) is 4.07. The van der Waals surface area contributed by atoms with Crippen LogP contribution in [0.4, 0.5) is 16.2 Å². The van der Waals surface area contributed by atoms with Gasteiger partial charge in [0, 0.05) is 17.6 Å². The number of hydrogen-bond donors (Lipinski definition) is 2. The summed E-state index contributed by atoms with van der Waals surface area (Å²) in [6.07, 6.45) is 0. The molecule has 1 fully saturated rings. The zero-order chi connectivity index (χ0) is 14.7. The van der Waals surface area contributed by atoms with Crippen molar-refractivity contribution in [1.29, 1.82) is 0 Å². The van der Waals surface area contributed by atoms with Gasteiger partial charge in [0.1, 0.15) is 5.54 Å². The molecule has 0 unspecified atom stereocenters. The van der Waals surface area contributed by atoms with E-state index in [2.05, 4.69) is 24.5 Å². The van der Waals surface area contributed by atoms with Crippen LogP contribution in [0.1, 0.15) is 33.3 Å². The molecule has 5 nitrogen and oxygen atoms in total. The Hall–Kier alpha value is -2.04. The lowest BCUT2D eigenvalue weighted by Crippen LogP contribution is -2.40. The average molecular weight is 273 g/mol. The lowest BCUT2D eigenvalue weighted by molar-refractivity contribution is -0.120. The van der Waals surface area contributed by atoms with Crippen LogP contribution in [0.15, 0.2) is 18.2 Å². The highest BCUT2D eigenvalue weighted by Gasteiger charge is 2.45. The minimum Gasteiger partial charge on any atom is -0.384 e. The van der Waals surface area contributed by atoms with Crippen LogP contribution in [-0.2, 0) is 10.2 Å². The number of urea groups is 1. The van der Waals surface area contributed by atoms with Crippen LogP contribution < -0.4 is 15.5 Å². The normalized spacial score (nSPS) is 22.5. The summed E-state index contributed by atoms with van der Waals surface area (Å²) in [5.74, 6) is -0.222. The molecular formula is C15H19N3O2. The first-order valence-electron chi connectivity index (χ1n) is 6.77. The summed E-state index contributed by atoms with van der Waals surface area (Å²) in [6, 6.07) is 5.35. The molecule has 2 heterocycles. The molecule has 1 aromatic rings. The van der Waals surface area contributed by atoms with Crippen molar-refractivity contribution in [3.05, 3.63) is 23.8 Å². The number of nitrogens with one attached hydrogen (secondary N) is 2. The van der Waals surface area contributed by atoms with E-state index >= 15 is 0 Å². The highest BCUT2D eigenvalue weighted by atomic mass is 16.2. The van der Waals surface area contributed by atoms with E-state index < -0.39 is 5.54 Å². The summed E-state index contributed by atoms with van der Waals surface area (Å²) in [7, 11) is 0. The van der Waals surface area contributed by atoms with Crippen LogP contribution in [0.5, 0.6) is 0 Å². The maximum Gasteiger partial charge on any atom is 0.329 e. The van der Waals surface area contributed by atoms with Gasteiger partial charge < -0.3 is 10.6 Å². The summed E-state index contributed by atoms with van der Waals surface area (Å²) in [4.78, 5) is 25.5. The van der Waals surface area contributed by atoms with Gasteiger partial charge in [0.15, 0.2) is 0 Å². The van der Waals surface area contributed by atoms with Gasteiger partial charge in [-0.3, -0.25) is 4.79 Å². The minimum atomic E-state index is -0.844. The van der Waals surface area contributed by atoms with Crippen molar-refractivity contribution in [1.82, 2.24) is 5.32 Å². The number of hydrogen-bond acceptors (Lipinski definition) is 3. The molecule has 1 aromatic carbocycles. The molecule has 0 atom stereocenters. The molecule has 2 aliphatic heterocycles. The number of carbonyl (C=O) groups excluding carboxylic acids is 2. The lowest BCUT2D eigenvalue weighted by Gasteiger charge is -2.19. The van der Waals surface area contributed by atoms with Crippen LogP contribution in [0.25, 0.3) is 0 Å². The Bertz CT molecular complexity index is 620. The Labute approximate surface area is 118 Å². The fourth-order valence-electron chi connectivity index (χ4n) is 2.80. The van der Waals surface area contributed by atoms with Gasteiger partial charge in [-0.25, -0.2) is 9.69 Å². The maximum absolute atomic E-state index is 12.3. The molecule has 0 spiro atoms. The van der Waals surface area contributed by atoms with Crippen molar-refractivity contribution in [3.63, 3.8) is 0 Å². The van der Waals surface area contributed by atoms with Gasteiger partial charge in [0.25, 0.3) is 5.91 Å². The number of rotatable bonds is 1. The summed E-state index contributed by atoms with van der Waals surface area (Å²) in [5.41, 5.74) is 2.06. The van der Waals surface area contributed by atoms with Crippen LogP contribution >= 0.6 is 0 Å². The zero-order valence-electron chi connectivity index (χ0n) is 12.2. The van der Waals surface area contributed by atoms with E-state index in [1.807, 2.05) is 18.2 Å². The summed E-state index contributed by atoms with van der Waals surface area (Å²) in [6.45, 7) is 8.62. The molecule has 0 saturated carbocycles. The van der Waals surface area contributed by atoms with Gasteiger partial charge in [-0.2, -0.15) is 0 Å². The van der Waals surface area contributed by atoms with Gasteiger partial charge in [-0.05, 0) is 31.5 Å². The molecular weight excluding hydrogens is 254 g/mol. The van der Waals surface area contributed by atoms with Crippen molar-refractivity contribution in [2.24, 2.45) is 0 Å². The Morgan fingerprint density at radius 3 is 2.45 bits per heavy atom. The second kappa shape index (κ2) is 3.75. The molecule has 0 aliphatic carbocycles. The van der Waals surface area contributed by atoms with E-state index in [1.165, 1.54) is 10.5 Å². The molecule has 5 heteroatoms. The Balaban J connectivity index is 2.02. The van der Waals surface area contributed by atoms with Crippen molar-refractivity contribution in [2.75, 3.05) is 16.8 Å². The van der Waals surface area contributed by atoms with Gasteiger partial charge >= 0.3 is 6.03 Å². The molecule has 2 N–H and O–H groups in total. The highest BCUT2D eigenvalue weighted by Crippen LogP contribution is 2.39. The summed E-state index contributed by atoms with van der Waals surface area (Å²) < 4.78 is 0. The number of nitrogens with zero attached hydrogens (tertiary/aromatic N) is 1. The van der Waals surface area contributed by atoms with Crippen molar-refractivity contribution in [3.8, 4) is 0 Å². The zero-order valence-corrected chi connectivity index (χ0v) is 12.2. The second-order valence-electron chi connectivity index (χ2n) is 6.66. The third-order valence-electron chi connectivity index (χ3n) is 4.07. The molecule has 106 valence electrons. The minimum absolute atomic E-state index is 0.0738. The quantitative estimate of drug-likeness (QED) is 0.771. The SMILES string of the molecule is CC1(C)NC(=O)N(c2ccc3c(c2)NCC3(C)C)C1=O. The number of imide groups is 1. The summed E-state index contributed by atoms with van der Waals surface area (Å²) in [5, 5.41) is 6.03. The lowest BCUT2D eigenvalue weighted by atomic mass is 9.87.